The fourth-order valence-electron chi connectivity index (χ4n) is 1.18. The molecule has 0 atom stereocenters. The van der Waals surface area contributed by atoms with E-state index in [1.807, 2.05) is 29.8 Å². The second-order valence-electron chi connectivity index (χ2n) is 2.78. The van der Waals surface area contributed by atoms with Crippen molar-refractivity contribution in [1.29, 1.82) is 0 Å². The van der Waals surface area contributed by atoms with Gasteiger partial charge < -0.3 is 10.3 Å². The molecule has 2 N–H and O–H groups in total. The standard InChI is InChI=1S/C9H10N4/c1-13-8(6-12-9(13)10)7-4-2-3-5-11-7/h2-6H,1H3,(H2,10,12). The fraction of sp³-hybridized carbons (Fsp3) is 0.111. The summed E-state index contributed by atoms with van der Waals surface area (Å²) in [6.45, 7) is 0. The lowest BCUT2D eigenvalue weighted by Crippen LogP contribution is -1.99. The number of aromatic nitrogens is 3. The van der Waals surface area contributed by atoms with Crippen LogP contribution < -0.4 is 5.73 Å². The maximum Gasteiger partial charge on any atom is 0.200 e. The Labute approximate surface area is 76.1 Å². The van der Waals surface area contributed by atoms with E-state index in [4.69, 9.17) is 5.73 Å². The van der Waals surface area contributed by atoms with Gasteiger partial charge in [-0.25, -0.2) is 4.98 Å². The first-order valence-electron chi connectivity index (χ1n) is 3.97. The lowest BCUT2D eigenvalue weighted by molar-refractivity contribution is 0.933. The van der Waals surface area contributed by atoms with Gasteiger partial charge in [0, 0.05) is 13.2 Å². The van der Waals surface area contributed by atoms with Crippen LogP contribution in [0.4, 0.5) is 5.95 Å². The molecule has 0 radical (unpaired) electrons. The Morgan fingerprint density at radius 3 is 2.69 bits per heavy atom. The highest BCUT2D eigenvalue weighted by Gasteiger charge is 2.05. The van der Waals surface area contributed by atoms with Crippen molar-refractivity contribution in [3.63, 3.8) is 0 Å². The zero-order valence-electron chi connectivity index (χ0n) is 7.31. The fourth-order valence-corrected chi connectivity index (χ4v) is 1.18. The van der Waals surface area contributed by atoms with Crippen LogP contribution >= 0.6 is 0 Å². The quantitative estimate of drug-likeness (QED) is 0.703. The zero-order chi connectivity index (χ0) is 9.26. The molecule has 2 aromatic heterocycles. The van der Waals surface area contributed by atoms with E-state index in [9.17, 15) is 0 Å². The number of nitrogen functional groups attached to an aromatic ring is 1. The molecule has 0 aliphatic carbocycles. The molecule has 0 amide bonds. The predicted octanol–water partition coefficient (Wildman–Crippen LogP) is 1.06. The van der Waals surface area contributed by atoms with E-state index in [2.05, 4.69) is 9.97 Å². The highest BCUT2D eigenvalue weighted by molar-refractivity contribution is 5.55. The normalized spacial score (nSPS) is 10.2. The maximum absolute atomic E-state index is 5.60. The van der Waals surface area contributed by atoms with Crippen molar-refractivity contribution < 1.29 is 0 Å². The number of pyridine rings is 1. The SMILES string of the molecule is Cn1c(-c2ccccn2)cnc1N. The Hall–Kier alpha value is -1.84. The minimum absolute atomic E-state index is 0.501. The van der Waals surface area contributed by atoms with E-state index >= 15 is 0 Å². The van der Waals surface area contributed by atoms with Gasteiger partial charge in [-0.15, -0.1) is 0 Å². The molecule has 0 spiro atoms. The molecule has 4 heteroatoms. The summed E-state index contributed by atoms with van der Waals surface area (Å²) in [4.78, 5) is 8.20. The first-order valence-corrected chi connectivity index (χ1v) is 3.97. The summed E-state index contributed by atoms with van der Waals surface area (Å²) in [5.41, 5.74) is 7.41. The van der Waals surface area contributed by atoms with E-state index < -0.39 is 0 Å². The van der Waals surface area contributed by atoms with Crippen molar-refractivity contribution in [3.8, 4) is 11.4 Å². The van der Waals surface area contributed by atoms with Crippen molar-refractivity contribution >= 4 is 5.95 Å². The third kappa shape index (κ3) is 1.26. The Morgan fingerprint density at radius 2 is 2.15 bits per heavy atom. The van der Waals surface area contributed by atoms with Gasteiger partial charge in [0.2, 0.25) is 0 Å². The van der Waals surface area contributed by atoms with Crippen LogP contribution in [0.1, 0.15) is 0 Å². The molecule has 13 heavy (non-hydrogen) atoms. The molecule has 2 rings (SSSR count). The molecular weight excluding hydrogens is 164 g/mol. The Kier molecular flexibility index (Phi) is 1.73. The smallest absolute Gasteiger partial charge is 0.200 e. The maximum atomic E-state index is 5.60. The number of nitrogens with zero attached hydrogens (tertiary/aromatic N) is 3. The molecule has 0 saturated heterocycles. The van der Waals surface area contributed by atoms with Gasteiger partial charge in [0.05, 0.1) is 17.6 Å². The molecule has 0 unspecified atom stereocenters. The average Bonchev–Trinajstić information content (AvgIpc) is 2.49. The van der Waals surface area contributed by atoms with Crippen LogP contribution in [0.3, 0.4) is 0 Å². The molecule has 2 heterocycles. The molecule has 66 valence electrons. The van der Waals surface area contributed by atoms with Crippen LogP contribution in [-0.4, -0.2) is 14.5 Å². The number of anilines is 1. The van der Waals surface area contributed by atoms with Crippen molar-refractivity contribution in [3.05, 3.63) is 30.6 Å². The average molecular weight is 174 g/mol. The number of rotatable bonds is 1. The van der Waals surface area contributed by atoms with Gasteiger partial charge in [-0.05, 0) is 12.1 Å². The van der Waals surface area contributed by atoms with Crippen LogP contribution in [0.5, 0.6) is 0 Å². The number of nitrogens with two attached hydrogens (primary N) is 1. The first-order chi connectivity index (χ1) is 6.29. The second-order valence-corrected chi connectivity index (χ2v) is 2.78. The summed E-state index contributed by atoms with van der Waals surface area (Å²) in [6.07, 6.45) is 3.47. The minimum atomic E-state index is 0.501. The summed E-state index contributed by atoms with van der Waals surface area (Å²) in [5.74, 6) is 0.501. The number of hydrogen-bond donors (Lipinski definition) is 1. The molecule has 0 aliphatic heterocycles. The molecule has 0 bridgehead atoms. The van der Waals surface area contributed by atoms with Crippen molar-refractivity contribution in [1.82, 2.24) is 14.5 Å². The lowest BCUT2D eigenvalue weighted by Gasteiger charge is -2.01. The highest BCUT2D eigenvalue weighted by atomic mass is 15.1. The second kappa shape index (κ2) is 2.90. The molecule has 2 aromatic rings. The van der Waals surface area contributed by atoms with Crippen molar-refractivity contribution in [2.24, 2.45) is 7.05 Å². The van der Waals surface area contributed by atoms with Gasteiger partial charge in [-0.1, -0.05) is 6.07 Å². The molecule has 4 nitrogen and oxygen atoms in total. The van der Waals surface area contributed by atoms with Crippen molar-refractivity contribution in [2.75, 3.05) is 5.73 Å². The summed E-state index contributed by atoms with van der Waals surface area (Å²) >= 11 is 0. The number of hydrogen-bond acceptors (Lipinski definition) is 3. The molecule has 0 aromatic carbocycles. The van der Waals surface area contributed by atoms with Gasteiger partial charge >= 0.3 is 0 Å². The third-order valence-corrected chi connectivity index (χ3v) is 1.95. The highest BCUT2D eigenvalue weighted by Crippen LogP contribution is 2.17. The van der Waals surface area contributed by atoms with Gasteiger partial charge in [0.15, 0.2) is 5.95 Å². The summed E-state index contributed by atoms with van der Waals surface area (Å²) < 4.78 is 1.81. The molecule has 0 aliphatic rings. The lowest BCUT2D eigenvalue weighted by atomic mass is 10.3. The van der Waals surface area contributed by atoms with Gasteiger partial charge in [-0.3, -0.25) is 4.98 Å². The van der Waals surface area contributed by atoms with E-state index in [-0.39, 0.29) is 0 Å². The van der Waals surface area contributed by atoms with Crippen molar-refractivity contribution in [2.45, 2.75) is 0 Å². The van der Waals surface area contributed by atoms with E-state index in [0.717, 1.165) is 11.4 Å². The summed E-state index contributed by atoms with van der Waals surface area (Å²) in [6, 6.07) is 5.74. The van der Waals surface area contributed by atoms with Crippen LogP contribution in [0.15, 0.2) is 30.6 Å². The third-order valence-electron chi connectivity index (χ3n) is 1.95. The zero-order valence-corrected chi connectivity index (χ0v) is 7.31. The first kappa shape index (κ1) is 7.79. The monoisotopic (exact) mass is 174 g/mol. The van der Waals surface area contributed by atoms with Crippen LogP contribution in [0.2, 0.25) is 0 Å². The predicted molar refractivity (Wildman–Crippen MR) is 50.9 cm³/mol. The summed E-state index contributed by atoms with van der Waals surface area (Å²) in [5, 5.41) is 0. The molecule has 0 fully saturated rings. The Balaban J connectivity index is 2.53. The van der Waals surface area contributed by atoms with Gasteiger partial charge in [0.1, 0.15) is 0 Å². The topological polar surface area (TPSA) is 56.7 Å². The van der Waals surface area contributed by atoms with E-state index in [0.29, 0.717) is 5.95 Å². The van der Waals surface area contributed by atoms with Crippen LogP contribution in [0, 0.1) is 0 Å². The largest absolute Gasteiger partial charge is 0.369 e. The van der Waals surface area contributed by atoms with Gasteiger partial charge in [-0.2, -0.15) is 0 Å². The minimum Gasteiger partial charge on any atom is -0.369 e. The van der Waals surface area contributed by atoms with E-state index in [1.54, 1.807) is 12.4 Å². The Morgan fingerprint density at radius 1 is 1.31 bits per heavy atom. The number of imidazole rings is 1. The van der Waals surface area contributed by atoms with Crippen LogP contribution in [-0.2, 0) is 7.05 Å². The Bertz CT molecular complexity index is 405. The molecular formula is C9H10N4. The van der Waals surface area contributed by atoms with E-state index in [1.165, 1.54) is 0 Å². The van der Waals surface area contributed by atoms with Crippen LogP contribution in [0.25, 0.3) is 11.4 Å². The molecule has 0 saturated carbocycles. The summed E-state index contributed by atoms with van der Waals surface area (Å²) in [7, 11) is 1.87. The van der Waals surface area contributed by atoms with Gasteiger partial charge in [0.25, 0.3) is 0 Å².